The molecule has 4 nitrogen and oxygen atoms in total. The van der Waals surface area contributed by atoms with E-state index in [-0.39, 0.29) is 17.9 Å². The number of aliphatic hydroxyl groups is 1. The zero-order valence-corrected chi connectivity index (χ0v) is 11.8. The third-order valence-corrected chi connectivity index (χ3v) is 3.57. The largest absolute Gasteiger partial charge is 0.394 e. The highest BCUT2D eigenvalue weighted by molar-refractivity contribution is 5.98. The van der Waals surface area contributed by atoms with Gasteiger partial charge in [0.25, 0.3) is 0 Å². The van der Waals surface area contributed by atoms with Crippen LogP contribution >= 0.6 is 0 Å². The van der Waals surface area contributed by atoms with Crippen LogP contribution in [-0.4, -0.2) is 36.8 Å². The summed E-state index contributed by atoms with van der Waals surface area (Å²) in [5, 5.41) is 12.5. The lowest BCUT2D eigenvalue weighted by Crippen LogP contribution is -2.46. The SMILES string of the molecule is Cc1ccccc1N1CC(C)(C)CNC(CO)C1=O. The molecule has 1 unspecified atom stereocenters. The van der Waals surface area contributed by atoms with Gasteiger partial charge in [-0.25, -0.2) is 0 Å². The third kappa shape index (κ3) is 2.96. The highest BCUT2D eigenvalue weighted by Crippen LogP contribution is 2.27. The zero-order valence-electron chi connectivity index (χ0n) is 11.8. The second kappa shape index (κ2) is 5.31. The molecule has 2 rings (SSSR count). The first-order valence-electron chi connectivity index (χ1n) is 6.66. The Morgan fingerprint density at radius 1 is 1.42 bits per heavy atom. The molecule has 1 aliphatic rings. The van der Waals surface area contributed by atoms with Crippen LogP contribution in [0.1, 0.15) is 19.4 Å². The Morgan fingerprint density at radius 2 is 2.11 bits per heavy atom. The molecule has 1 heterocycles. The number of anilines is 1. The molecule has 1 saturated heterocycles. The Balaban J connectivity index is 2.40. The summed E-state index contributed by atoms with van der Waals surface area (Å²) in [5.74, 6) is -0.0534. The average Bonchev–Trinajstić information content (AvgIpc) is 2.47. The number of nitrogens with zero attached hydrogens (tertiary/aromatic N) is 1. The van der Waals surface area contributed by atoms with Gasteiger partial charge < -0.3 is 15.3 Å². The first kappa shape index (κ1) is 14.0. The summed E-state index contributed by atoms with van der Waals surface area (Å²) < 4.78 is 0. The van der Waals surface area contributed by atoms with E-state index in [1.807, 2.05) is 31.2 Å². The van der Waals surface area contributed by atoms with Gasteiger partial charge in [-0.1, -0.05) is 32.0 Å². The predicted molar refractivity (Wildman–Crippen MR) is 76.2 cm³/mol. The molecule has 0 aromatic heterocycles. The fourth-order valence-electron chi connectivity index (χ4n) is 2.45. The Hall–Kier alpha value is -1.39. The van der Waals surface area contributed by atoms with E-state index in [1.165, 1.54) is 0 Å². The van der Waals surface area contributed by atoms with Gasteiger partial charge in [-0.05, 0) is 24.0 Å². The second-order valence-electron chi connectivity index (χ2n) is 5.99. The summed E-state index contributed by atoms with van der Waals surface area (Å²) in [6, 6.07) is 7.36. The molecular formula is C15H22N2O2. The van der Waals surface area contributed by atoms with Gasteiger partial charge in [0.05, 0.1) is 6.61 Å². The number of carbonyl (C=O) groups excluding carboxylic acids is 1. The van der Waals surface area contributed by atoms with Crippen LogP contribution in [0, 0.1) is 12.3 Å². The van der Waals surface area contributed by atoms with Crippen LogP contribution in [0.3, 0.4) is 0 Å². The van der Waals surface area contributed by atoms with E-state index in [4.69, 9.17) is 0 Å². The summed E-state index contributed by atoms with van der Waals surface area (Å²) in [6.07, 6.45) is 0. The standard InChI is InChI=1S/C15H22N2O2/c1-11-6-4-5-7-13(11)17-10-15(2,3)9-16-12(8-18)14(17)19/h4-7,12,16,18H,8-10H2,1-3H3. The quantitative estimate of drug-likeness (QED) is 0.845. The van der Waals surface area contributed by atoms with Crippen LogP contribution in [0.5, 0.6) is 0 Å². The van der Waals surface area contributed by atoms with E-state index < -0.39 is 6.04 Å². The van der Waals surface area contributed by atoms with E-state index in [1.54, 1.807) is 4.90 Å². The van der Waals surface area contributed by atoms with Gasteiger partial charge in [0.1, 0.15) is 6.04 Å². The minimum atomic E-state index is -0.513. The molecule has 1 amide bonds. The van der Waals surface area contributed by atoms with E-state index in [0.29, 0.717) is 13.1 Å². The number of nitrogens with one attached hydrogen (secondary N) is 1. The molecule has 0 bridgehead atoms. The molecule has 1 atom stereocenters. The fraction of sp³-hybridized carbons (Fsp3) is 0.533. The van der Waals surface area contributed by atoms with Crippen LogP contribution in [0.2, 0.25) is 0 Å². The minimum absolute atomic E-state index is 0.0259. The maximum atomic E-state index is 12.5. The molecule has 0 aliphatic carbocycles. The lowest BCUT2D eigenvalue weighted by molar-refractivity contribution is -0.121. The van der Waals surface area contributed by atoms with Crippen LogP contribution in [0.4, 0.5) is 5.69 Å². The number of amides is 1. The molecule has 19 heavy (non-hydrogen) atoms. The molecule has 4 heteroatoms. The molecular weight excluding hydrogens is 240 g/mol. The van der Waals surface area contributed by atoms with Crippen molar-refractivity contribution in [2.45, 2.75) is 26.8 Å². The third-order valence-electron chi connectivity index (χ3n) is 3.57. The maximum Gasteiger partial charge on any atom is 0.246 e. The first-order chi connectivity index (χ1) is 8.94. The number of aryl methyl sites for hydroxylation is 1. The predicted octanol–water partition coefficient (Wildman–Crippen LogP) is 1.32. The van der Waals surface area contributed by atoms with Gasteiger partial charge in [-0.2, -0.15) is 0 Å². The highest BCUT2D eigenvalue weighted by Gasteiger charge is 2.35. The van der Waals surface area contributed by atoms with Gasteiger partial charge in [-0.15, -0.1) is 0 Å². The van der Waals surface area contributed by atoms with E-state index >= 15 is 0 Å². The van der Waals surface area contributed by atoms with Crippen molar-refractivity contribution in [3.63, 3.8) is 0 Å². The van der Waals surface area contributed by atoms with Gasteiger partial charge in [0, 0.05) is 18.8 Å². The molecule has 2 N–H and O–H groups in total. The Bertz CT molecular complexity index is 471. The molecule has 0 saturated carbocycles. The van der Waals surface area contributed by atoms with Crippen molar-refractivity contribution >= 4 is 11.6 Å². The van der Waals surface area contributed by atoms with Crippen LogP contribution in [0.25, 0.3) is 0 Å². The van der Waals surface area contributed by atoms with E-state index in [0.717, 1.165) is 11.3 Å². The molecule has 0 spiro atoms. The van der Waals surface area contributed by atoms with Crippen molar-refractivity contribution in [1.82, 2.24) is 5.32 Å². The van der Waals surface area contributed by atoms with Gasteiger partial charge >= 0.3 is 0 Å². The van der Waals surface area contributed by atoms with Crippen LogP contribution in [0.15, 0.2) is 24.3 Å². The number of hydrogen-bond acceptors (Lipinski definition) is 3. The van der Waals surface area contributed by atoms with Crippen molar-refractivity contribution in [3.8, 4) is 0 Å². The second-order valence-corrected chi connectivity index (χ2v) is 5.99. The Labute approximate surface area is 114 Å². The van der Waals surface area contributed by atoms with Gasteiger partial charge in [0.2, 0.25) is 5.91 Å². The van der Waals surface area contributed by atoms with Crippen molar-refractivity contribution in [1.29, 1.82) is 0 Å². The van der Waals surface area contributed by atoms with Gasteiger partial charge in [0.15, 0.2) is 0 Å². The molecule has 1 aromatic carbocycles. The summed E-state index contributed by atoms with van der Waals surface area (Å²) in [6.45, 7) is 7.45. The number of carbonyl (C=O) groups is 1. The molecule has 104 valence electrons. The summed E-state index contributed by atoms with van der Waals surface area (Å²) in [5.41, 5.74) is 1.98. The number of aliphatic hydroxyl groups excluding tert-OH is 1. The Morgan fingerprint density at radius 3 is 2.74 bits per heavy atom. The smallest absolute Gasteiger partial charge is 0.246 e. The topological polar surface area (TPSA) is 52.6 Å². The van der Waals surface area contributed by atoms with Crippen LogP contribution < -0.4 is 10.2 Å². The monoisotopic (exact) mass is 262 g/mol. The van der Waals surface area contributed by atoms with E-state index in [2.05, 4.69) is 19.2 Å². The zero-order chi connectivity index (χ0) is 14.0. The summed E-state index contributed by atoms with van der Waals surface area (Å²) in [7, 11) is 0. The summed E-state index contributed by atoms with van der Waals surface area (Å²) >= 11 is 0. The number of rotatable bonds is 2. The normalized spacial score (nSPS) is 23.3. The van der Waals surface area contributed by atoms with Crippen molar-refractivity contribution in [3.05, 3.63) is 29.8 Å². The molecule has 1 fully saturated rings. The van der Waals surface area contributed by atoms with E-state index in [9.17, 15) is 9.90 Å². The first-order valence-corrected chi connectivity index (χ1v) is 6.66. The number of hydrogen-bond donors (Lipinski definition) is 2. The van der Waals surface area contributed by atoms with Crippen molar-refractivity contribution < 1.29 is 9.90 Å². The Kier molecular flexibility index (Phi) is 3.92. The van der Waals surface area contributed by atoms with Crippen molar-refractivity contribution in [2.75, 3.05) is 24.6 Å². The lowest BCUT2D eigenvalue weighted by Gasteiger charge is -2.30. The maximum absolute atomic E-state index is 12.5. The lowest BCUT2D eigenvalue weighted by atomic mass is 9.93. The number of para-hydroxylation sites is 1. The average molecular weight is 262 g/mol. The number of benzene rings is 1. The minimum Gasteiger partial charge on any atom is -0.394 e. The van der Waals surface area contributed by atoms with Gasteiger partial charge in [-0.3, -0.25) is 4.79 Å². The van der Waals surface area contributed by atoms with Crippen LogP contribution in [-0.2, 0) is 4.79 Å². The fourth-order valence-corrected chi connectivity index (χ4v) is 2.45. The molecule has 1 aliphatic heterocycles. The molecule has 0 radical (unpaired) electrons. The highest BCUT2D eigenvalue weighted by atomic mass is 16.3. The summed E-state index contributed by atoms with van der Waals surface area (Å²) in [4.78, 5) is 14.3. The molecule has 1 aromatic rings. The van der Waals surface area contributed by atoms with Crippen molar-refractivity contribution in [2.24, 2.45) is 5.41 Å².